The Morgan fingerprint density at radius 3 is 2.71 bits per heavy atom. The number of aryl methyl sites for hydroxylation is 2. The average Bonchev–Trinajstić information content (AvgIpc) is 3.31. The number of aliphatic imine (C=N–C) groups is 1. The van der Waals surface area contributed by atoms with E-state index < -0.39 is 0 Å². The molecule has 0 aliphatic rings. The molecule has 8 heteroatoms. The molecule has 0 aliphatic carbocycles. The minimum Gasteiger partial charge on any atom is -0.352 e. The molecule has 0 aliphatic heterocycles. The van der Waals surface area contributed by atoms with Crippen molar-refractivity contribution < 1.29 is 4.52 Å². The number of nitrogens with zero attached hydrogens (tertiary/aromatic N) is 3. The molecular formula is C20H26IN5OS. The minimum atomic E-state index is 0. The standard InChI is InChI=1S/C20H25N5OS.HI/c1-4-6-18-24-19(26-25-18)16-8-5-7-15(11-16)12-22-20(21-3)23-13-17-10-9-14(2)27-17;/h5,7-11H,4,6,12-13H2,1-3H3,(H2,21,22,23);1H. The molecule has 0 atom stereocenters. The molecule has 1 aromatic carbocycles. The van der Waals surface area contributed by atoms with Crippen molar-refractivity contribution in [3.8, 4) is 11.5 Å². The van der Waals surface area contributed by atoms with Crippen LogP contribution in [-0.4, -0.2) is 23.1 Å². The van der Waals surface area contributed by atoms with Gasteiger partial charge in [-0.2, -0.15) is 4.98 Å². The van der Waals surface area contributed by atoms with Crippen LogP contribution in [0.1, 0.15) is 34.5 Å². The van der Waals surface area contributed by atoms with Crippen LogP contribution in [0.2, 0.25) is 0 Å². The second-order valence-corrected chi connectivity index (χ2v) is 7.63. The van der Waals surface area contributed by atoms with Crippen LogP contribution in [0.5, 0.6) is 0 Å². The van der Waals surface area contributed by atoms with Gasteiger partial charge in [0.25, 0.3) is 5.89 Å². The summed E-state index contributed by atoms with van der Waals surface area (Å²) in [5.74, 6) is 2.09. The fourth-order valence-corrected chi connectivity index (χ4v) is 3.50. The molecule has 3 rings (SSSR count). The molecular weight excluding hydrogens is 485 g/mol. The fraction of sp³-hybridized carbons (Fsp3) is 0.350. The quantitative estimate of drug-likeness (QED) is 0.277. The zero-order valence-electron chi connectivity index (χ0n) is 16.4. The summed E-state index contributed by atoms with van der Waals surface area (Å²) < 4.78 is 5.38. The molecule has 0 saturated carbocycles. The summed E-state index contributed by atoms with van der Waals surface area (Å²) in [4.78, 5) is 11.3. The summed E-state index contributed by atoms with van der Waals surface area (Å²) in [7, 11) is 1.78. The Hall–Kier alpha value is -1.94. The lowest BCUT2D eigenvalue weighted by molar-refractivity contribution is 0.422. The van der Waals surface area contributed by atoms with Crippen molar-refractivity contribution in [3.05, 3.63) is 57.5 Å². The van der Waals surface area contributed by atoms with E-state index in [1.165, 1.54) is 9.75 Å². The van der Waals surface area contributed by atoms with Crippen molar-refractivity contribution in [2.24, 2.45) is 4.99 Å². The number of guanidine groups is 1. The van der Waals surface area contributed by atoms with Crippen molar-refractivity contribution in [2.75, 3.05) is 7.05 Å². The van der Waals surface area contributed by atoms with E-state index in [1.54, 1.807) is 18.4 Å². The Kier molecular flexibility index (Phi) is 8.91. The maximum absolute atomic E-state index is 5.38. The summed E-state index contributed by atoms with van der Waals surface area (Å²) in [6.07, 6.45) is 1.83. The molecule has 2 aromatic heterocycles. The molecule has 0 amide bonds. The van der Waals surface area contributed by atoms with E-state index in [2.05, 4.69) is 63.9 Å². The largest absolute Gasteiger partial charge is 0.352 e. The molecule has 0 fully saturated rings. The summed E-state index contributed by atoms with van der Waals surface area (Å²) in [5.41, 5.74) is 2.05. The Labute approximate surface area is 186 Å². The van der Waals surface area contributed by atoms with Gasteiger partial charge in [0.2, 0.25) is 0 Å². The number of nitrogens with one attached hydrogen (secondary N) is 2. The zero-order chi connectivity index (χ0) is 19.1. The number of halogens is 1. The lowest BCUT2D eigenvalue weighted by Crippen LogP contribution is -2.36. The van der Waals surface area contributed by atoms with Gasteiger partial charge in [-0.05, 0) is 43.2 Å². The monoisotopic (exact) mass is 511 g/mol. The summed E-state index contributed by atoms with van der Waals surface area (Å²) >= 11 is 1.79. The normalized spacial score (nSPS) is 11.2. The van der Waals surface area contributed by atoms with Crippen LogP contribution in [0.4, 0.5) is 0 Å². The van der Waals surface area contributed by atoms with Gasteiger partial charge in [-0.3, -0.25) is 4.99 Å². The molecule has 0 radical (unpaired) electrons. The molecule has 2 N–H and O–H groups in total. The molecule has 0 bridgehead atoms. The van der Waals surface area contributed by atoms with Crippen LogP contribution < -0.4 is 10.6 Å². The molecule has 0 saturated heterocycles. The lowest BCUT2D eigenvalue weighted by Gasteiger charge is -2.11. The second kappa shape index (κ2) is 11.2. The lowest BCUT2D eigenvalue weighted by atomic mass is 10.1. The smallest absolute Gasteiger partial charge is 0.257 e. The first-order valence-corrected chi connectivity index (χ1v) is 9.91. The van der Waals surface area contributed by atoms with Crippen molar-refractivity contribution in [1.29, 1.82) is 0 Å². The molecule has 0 spiro atoms. The highest BCUT2D eigenvalue weighted by Crippen LogP contribution is 2.19. The van der Waals surface area contributed by atoms with Crippen molar-refractivity contribution >= 4 is 41.3 Å². The minimum absolute atomic E-state index is 0. The number of hydrogen-bond acceptors (Lipinski definition) is 5. The number of benzene rings is 1. The van der Waals surface area contributed by atoms with Gasteiger partial charge in [0.1, 0.15) is 0 Å². The van der Waals surface area contributed by atoms with Crippen LogP contribution in [-0.2, 0) is 19.5 Å². The predicted molar refractivity (Wildman–Crippen MR) is 125 cm³/mol. The zero-order valence-corrected chi connectivity index (χ0v) is 19.5. The van der Waals surface area contributed by atoms with E-state index in [0.29, 0.717) is 12.4 Å². The summed E-state index contributed by atoms with van der Waals surface area (Å²) in [6, 6.07) is 12.4. The Morgan fingerprint density at radius 1 is 1.18 bits per heavy atom. The van der Waals surface area contributed by atoms with Gasteiger partial charge in [-0.1, -0.05) is 24.2 Å². The molecule has 2 heterocycles. The molecule has 28 heavy (non-hydrogen) atoms. The van der Waals surface area contributed by atoms with E-state index in [-0.39, 0.29) is 24.0 Å². The predicted octanol–water partition coefficient (Wildman–Crippen LogP) is 4.54. The Bertz CT molecular complexity index is 905. The SMILES string of the molecule is CCCc1noc(-c2cccc(CNC(=NC)NCc3ccc(C)s3)c2)n1.I. The highest BCUT2D eigenvalue weighted by atomic mass is 127. The highest BCUT2D eigenvalue weighted by molar-refractivity contribution is 14.0. The van der Waals surface area contributed by atoms with Crippen LogP contribution in [0.15, 0.2) is 45.9 Å². The van der Waals surface area contributed by atoms with Crippen molar-refractivity contribution in [1.82, 2.24) is 20.8 Å². The first-order chi connectivity index (χ1) is 13.2. The highest BCUT2D eigenvalue weighted by Gasteiger charge is 2.09. The fourth-order valence-electron chi connectivity index (χ4n) is 2.67. The first kappa shape index (κ1) is 22.4. The van der Waals surface area contributed by atoms with Gasteiger partial charge >= 0.3 is 0 Å². The van der Waals surface area contributed by atoms with E-state index in [4.69, 9.17) is 4.52 Å². The van der Waals surface area contributed by atoms with Gasteiger partial charge in [0.15, 0.2) is 11.8 Å². The number of rotatable bonds is 7. The summed E-state index contributed by atoms with van der Waals surface area (Å²) in [5, 5.41) is 10.7. The second-order valence-electron chi connectivity index (χ2n) is 6.26. The van der Waals surface area contributed by atoms with Gasteiger partial charge < -0.3 is 15.2 Å². The number of hydrogen-bond donors (Lipinski definition) is 2. The third-order valence-corrected chi connectivity index (χ3v) is 5.03. The summed E-state index contributed by atoms with van der Waals surface area (Å²) in [6.45, 7) is 5.64. The van der Waals surface area contributed by atoms with E-state index in [0.717, 1.165) is 42.3 Å². The van der Waals surface area contributed by atoms with E-state index in [1.807, 2.05) is 12.1 Å². The maximum atomic E-state index is 5.38. The third-order valence-electron chi connectivity index (χ3n) is 4.03. The molecule has 6 nitrogen and oxygen atoms in total. The number of aromatic nitrogens is 2. The molecule has 3 aromatic rings. The first-order valence-electron chi connectivity index (χ1n) is 9.09. The number of thiophene rings is 1. The van der Waals surface area contributed by atoms with Crippen LogP contribution in [0, 0.1) is 6.92 Å². The van der Waals surface area contributed by atoms with E-state index in [9.17, 15) is 0 Å². The maximum Gasteiger partial charge on any atom is 0.257 e. The topological polar surface area (TPSA) is 75.3 Å². The van der Waals surface area contributed by atoms with Crippen molar-refractivity contribution in [2.45, 2.75) is 39.8 Å². The Balaban J connectivity index is 0.00000280. The molecule has 150 valence electrons. The van der Waals surface area contributed by atoms with E-state index >= 15 is 0 Å². The van der Waals surface area contributed by atoms with Gasteiger partial charge in [-0.15, -0.1) is 35.3 Å². The van der Waals surface area contributed by atoms with Gasteiger partial charge in [-0.25, -0.2) is 0 Å². The average molecular weight is 511 g/mol. The van der Waals surface area contributed by atoms with Gasteiger partial charge in [0, 0.05) is 35.3 Å². The van der Waals surface area contributed by atoms with Crippen LogP contribution in [0.3, 0.4) is 0 Å². The molecule has 0 unspecified atom stereocenters. The Morgan fingerprint density at radius 2 is 2.00 bits per heavy atom. The van der Waals surface area contributed by atoms with Crippen LogP contribution in [0.25, 0.3) is 11.5 Å². The van der Waals surface area contributed by atoms with Crippen molar-refractivity contribution in [3.63, 3.8) is 0 Å². The van der Waals surface area contributed by atoms with Crippen LogP contribution >= 0.6 is 35.3 Å². The van der Waals surface area contributed by atoms with Gasteiger partial charge in [0.05, 0.1) is 6.54 Å². The third kappa shape index (κ3) is 6.30.